The van der Waals surface area contributed by atoms with E-state index in [1.807, 2.05) is 5.51 Å². The summed E-state index contributed by atoms with van der Waals surface area (Å²) in [5.41, 5.74) is 5.60. The van der Waals surface area contributed by atoms with Crippen LogP contribution in [0.1, 0.15) is 42.7 Å². The van der Waals surface area contributed by atoms with Crippen molar-refractivity contribution in [3.05, 3.63) is 46.7 Å². The van der Waals surface area contributed by atoms with Crippen molar-refractivity contribution in [3.63, 3.8) is 0 Å². The zero-order valence-electron chi connectivity index (χ0n) is 15.0. The number of imidazole rings is 1. The molecule has 5 rings (SSSR count). The van der Waals surface area contributed by atoms with Crippen LogP contribution >= 0.6 is 11.3 Å². The van der Waals surface area contributed by atoms with Crippen LogP contribution in [0.5, 0.6) is 0 Å². The number of thiazole rings is 1. The standard InChI is InChI=1S/C20H25N5S/c1-2-4-19-18(3-1)23-20(15-5-8-21-11-15)25(19)17-6-9-24(10-7-17)12-16-13-26-14-22-16/h1-4,13-15,17,21H,5-12H2/t15-/m1/s1. The highest BCUT2D eigenvalue weighted by molar-refractivity contribution is 7.07. The average Bonchev–Trinajstić information content (AvgIpc) is 3.43. The molecule has 0 spiro atoms. The van der Waals surface area contributed by atoms with E-state index in [1.165, 1.54) is 36.3 Å². The molecule has 2 saturated heterocycles. The number of hydrogen-bond acceptors (Lipinski definition) is 5. The van der Waals surface area contributed by atoms with Crippen molar-refractivity contribution in [2.45, 2.75) is 37.8 Å². The highest BCUT2D eigenvalue weighted by Crippen LogP contribution is 2.33. The Morgan fingerprint density at radius 1 is 1.15 bits per heavy atom. The molecular formula is C20H25N5S. The first-order valence-corrected chi connectivity index (χ1v) is 10.6. The largest absolute Gasteiger partial charge is 0.324 e. The zero-order chi connectivity index (χ0) is 17.3. The van der Waals surface area contributed by atoms with Gasteiger partial charge < -0.3 is 9.88 Å². The van der Waals surface area contributed by atoms with Crippen LogP contribution in [0.4, 0.5) is 0 Å². The first kappa shape index (κ1) is 16.4. The molecule has 2 aliphatic rings. The fourth-order valence-electron chi connectivity index (χ4n) is 4.49. The van der Waals surface area contributed by atoms with Gasteiger partial charge >= 0.3 is 0 Å². The van der Waals surface area contributed by atoms with Gasteiger partial charge in [0.2, 0.25) is 0 Å². The molecule has 5 nitrogen and oxygen atoms in total. The van der Waals surface area contributed by atoms with Gasteiger partial charge in [-0.2, -0.15) is 0 Å². The van der Waals surface area contributed by atoms with E-state index in [0.717, 1.165) is 38.2 Å². The van der Waals surface area contributed by atoms with Crippen LogP contribution in [0.2, 0.25) is 0 Å². The average molecular weight is 368 g/mol. The lowest BCUT2D eigenvalue weighted by Crippen LogP contribution is -2.35. The number of benzene rings is 1. The molecule has 0 saturated carbocycles. The van der Waals surface area contributed by atoms with Crippen molar-refractivity contribution >= 4 is 22.4 Å². The molecule has 4 heterocycles. The summed E-state index contributed by atoms with van der Waals surface area (Å²) in [5.74, 6) is 1.85. The number of rotatable bonds is 4. The lowest BCUT2D eigenvalue weighted by atomic mass is 10.0. The van der Waals surface area contributed by atoms with E-state index in [2.05, 4.69) is 49.4 Å². The Balaban J connectivity index is 1.39. The Bertz CT molecular complexity index is 858. The molecule has 2 aromatic heterocycles. The minimum absolute atomic E-state index is 0.551. The van der Waals surface area contributed by atoms with E-state index in [1.54, 1.807) is 11.3 Å². The third-order valence-electron chi connectivity index (χ3n) is 5.84. The summed E-state index contributed by atoms with van der Waals surface area (Å²) in [6, 6.07) is 9.22. The van der Waals surface area contributed by atoms with E-state index < -0.39 is 0 Å². The molecule has 0 unspecified atom stereocenters. The zero-order valence-corrected chi connectivity index (χ0v) is 15.8. The number of aromatic nitrogens is 3. The minimum atomic E-state index is 0.551. The molecule has 1 atom stereocenters. The summed E-state index contributed by atoms with van der Waals surface area (Å²) in [6.07, 6.45) is 3.58. The van der Waals surface area contributed by atoms with Crippen LogP contribution in [-0.4, -0.2) is 45.6 Å². The Morgan fingerprint density at radius 2 is 2.04 bits per heavy atom. The fourth-order valence-corrected chi connectivity index (χ4v) is 5.04. The predicted octanol–water partition coefficient (Wildman–Crippen LogP) is 3.41. The van der Waals surface area contributed by atoms with Gasteiger partial charge in [0.25, 0.3) is 0 Å². The number of hydrogen-bond donors (Lipinski definition) is 1. The highest BCUT2D eigenvalue weighted by Gasteiger charge is 2.29. The predicted molar refractivity (Wildman–Crippen MR) is 106 cm³/mol. The molecule has 1 aromatic carbocycles. The molecule has 0 bridgehead atoms. The van der Waals surface area contributed by atoms with Crippen LogP contribution in [0.25, 0.3) is 11.0 Å². The van der Waals surface area contributed by atoms with Gasteiger partial charge in [-0.1, -0.05) is 12.1 Å². The van der Waals surface area contributed by atoms with Crippen LogP contribution in [-0.2, 0) is 6.54 Å². The van der Waals surface area contributed by atoms with Crippen molar-refractivity contribution in [2.75, 3.05) is 26.2 Å². The van der Waals surface area contributed by atoms with Crippen molar-refractivity contribution < 1.29 is 0 Å². The fraction of sp³-hybridized carbons (Fsp3) is 0.500. The molecule has 2 aliphatic heterocycles. The smallest absolute Gasteiger partial charge is 0.114 e. The van der Waals surface area contributed by atoms with Crippen molar-refractivity contribution in [1.29, 1.82) is 0 Å². The maximum Gasteiger partial charge on any atom is 0.114 e. The second-order valence-corrected chi connectivity index (χ2v) is 8.22. The van der Waals surface area contributed by atoms with Gasteiger partial charge in [-0.05, 0) is 37.9 Å². The molecule has 136 valence electrons. The minimum Gasteiger partial charge on any atom is -0.324 e. The molecule has 0 amide bonds. The van der Waals surface area contributed by atoms with Gasteiger partial charge in [-0.25, -0.2) is 9.97 Å². The van der Waals surface area contributed by atoms with Crippen molar-refractivity contribution in [2.24, 2.45) is 0 Å². The number of nitrogens with zero attached hydrogens (tertiary/aromatic N) is 4. The second kappa shape index (κ2) is 7.10. The van der Waals surface area contributed by atoms with E-state index in [0.29, 0.717) is 12.0 Å². The molecular weight excluding hydrogens is 342 g/mol. The maximum atomic E-state index is 5.05. The van der Waals surface area contributed by atoms with E-state index in [9.17, 15) is 0 Å². The van der Waals surface area contributed by atoms with Gasteiger partial charge in [-0.3, -0.25) is 4.90 Å². The second-order valence-electron chi connectivity index (χ2n) is 7.51. The Morgan fingerprint density at radius 3 is 2.81 bits per heavy atom. The topological polar surface area (TPSA) is 46.0 Å². The van der Waals surface area contributed by atoms with E-state index in [4.69, 9.17) is 4.98 Å². The maximum absolute atomic E-state index is 5.05. The van der Waals surface area contributed by atoms with Gasteiger partial charge in [0, 0.05) is 43.5 Å². The Kier molecular flexibility index (Phi) is 4.48. The molecule has 3 aromatic rings. The Hall–Kier alpha value is -1.76. The van der Waals surface area contributed by atoms with Gasteiger partial charge in [0.05, 0.1) is 22.2 Å². The summed E-state index contributed by atoms with van der Waals surface area (Å²) in [6.45, 7) is 5.43. The van der Waals surface area contributed by atoms with Crippen molar-refractivity contribution in [3.8, 4) is 0 Å². The summed E-state index contributed by atoms with van der Waals surface area (Å²) in [7, 11) is 0. The van der Waals surface area contributed by atoms with E-state index in [-0.39, 0.29) is 0 Å². The van der Waals surface area contributed by atoms with Crippen LogP contribution in [0.15, 0.2) is 35.2 Å². The summed E-state index contributed by atoms with van der Waals surface area (Å²) >= 11 is 1.69. The molecule has 0 aliphatic carbocycles. The van der Waals surface area contributed by atoms with Gasteiger partial charge in [0.15, 0.2) is 0 Å². The lowest BCUT2D eigenvalue weighted by molar-refractivity contribution is 0.178. The molecule has 2 fully saturated rings. The highest BCUT2D eigenvalue weighted by atomic mass is 32.1. The summed E-state index contributed by atoms with van der Waals surface area (Å²) in [5, 5.41) is 5.68. The quantitative estimate of drug-likeness (QED) is 0.768. The number of fused-ring (bicyclic) bond motifs is 1. The third-order valence-corrected chi connectivity index (χ3v) is 6.48. The molecule has 26 heavy (non-hydrogen) atoms. The number of nitrogens with one attached hydrogen (secondary N) is 1. The number of likely N-dealkylation sites (tertiary alicyclic amines) is 1. The number of piperidine rings is 1. The number of para-hydroxylation sites is 2. The summed E-state index contributed by atoms with van der Waals surface area (Å²) in [4.78, 5) is 12.0. The SMILES string of the molecule is c1ccc2c(c1)nc([C@@H]1CCNC1)n2C1CCN(Cc2cscn2)CC1. The monoisotopic (exact) mass is 367 g/mol. The summed E-state index contributed by atoms with van der Waals surface area (Å²) < 4.78 is 2.58. The lowest BCUT2D eigenvalue weighted by Gasteiger charge is -2.33. The Labute approximate surface area is 158 Å². The molecule has 1 N–H and O–H groups in total. The van der Waals surface area contributed by atoms with Crippen LogP contribution in [0.3, 0.4) is 0 Å². The van der Waals surface area contributed by atoms with Gasteiger partial charge in [-0.15, -0.1) is 11.3 Å². The van der Waals surface area contributed by atoms with Crippen LogP contribution < -0.4 is 5.32 Å². The first-order valence-electron chi connectivity index (χ1n) is 9.65. The van der Waals surface area contributed by atoms with Crippen LogP contribution in [0, 0.1) is 0 Å². The molecule has 6 heteroatoms. The first-order chi connectivity index (χ1) is 12.9. The van der Waals surface area contributed by atoms with Crippen molar-refractivity contribution in [1.82, 2.24) is 24.8 Å². The third kappa shape index (κ3) is 3.06. The normalized spacial score (nSPS) is 22.4. The molecule has 0 radical (unpaired) electrons. The van der Waals surface area contributed by atoms with E-state index >= 15 is 0 Å². The van der Waals surface area contributed by atoms with Gasteiger partial charge in [0.1, 0.15) is 5.82 Å².